The summed E-state index contributed by atoms with van der Waals surface area (Å²) < 4.78 is 0. The van der Waals surface area contributed by atoms with Crippen LogP contribution >= 0.6 is 46.4 Å². The molecule has 0 aromatic heterocycles. The van der Waals surface area contributed by atoms with Crippen LogP contribution in [0.25, 0.3) is 0 Å². The minimum absolute atomic E-state index is 0.219. The van der Waals surface area contributed by atoms with Crippen molar-refractivity contribution in [3.63, 3.8) is 0 Å². The van der Waals surface area contributed by atoms with Gasteiger partial charge in [-0.1, -0.05) is 46.4 Å². The second-order valence-electron chi connectivity index (χ2n) is 2.62. The number of rotatable bonds is 2. The fourth-order valence-electron chi connectivity index (χ4n) is 1.15. The largest absolute Gasteiger partial charge is 0.326 e. The van der Waals surface area contributed by atoms with Crippen molar-refractivity contribution in [3.05, 3.63) is 31.2 Å². The van der Waals surface area contributed by atoms with Gasteiger partial charge in [0, 0.05) is 13.1 Å². The lowest BCUT2D eigenvalue weighted by Gasteiger charge is -2.13. The first kappa shape index (κ1) is 12.4. The predicted molar refractivity (Wildman–Crippen MR) is 62.3 cm³/mol. The van der Waals surface area contributed by atoms with Crippen LogP contribution in [0.2, 0.25) is 20.1 Å². The summed E-state index contributed by atoms with van der Waals surface area (Å²) in [5.41, 5.74) is 12.3. The summed E-state index contributed by atoms with van der Waals surface area (Å²) in [6.07, 6.45) is 0. The van der Waals surface area contributed by atoms with E-state index in [2.05, 4.69) is 0 Å². The molecule has 0 aliphatic carbocycles. The Balaban J connectivity index is 3.57. The maximum atomic E-state index is 5.94. The fraction of sp³-hybridized carbons (Fsp3) is 0.250. The summed E-state index contributed by atoms with van der Waals surface area (Å²) in [7, 11) is 0. The highest BCUT2D eigenvalue weighted by Gasteiger charge is 2.17. The number of benzene rings is 1. The topological polar surface area (TPSA) is 52.0 Å². The van der Waals surface area contributed by atoms with E-state index in [-0.39, 0.29) is 23.1 Å². The zero-order valence-corrected chi connectivity index (χ0v) is 10.1. The van der Waals surface area contributed by atoms with Crippen LogP contribution in [0.15, 0.2) is 0 Å². The van der Waals surface area contributed by atoms with Crippen molar-refractivity contribution in [2.45, 2.75) is 13.1 Å². The van der Waals surface area contributed by atoms with Crippen LogP contribution in [0.3, 0.4) is 0 Å². The number of halogens is 4. The molecule has 4 N–H and O–H groups in total. The van der Waals surface area contributed by atoms with E-state index in [1.54, 1.807) is 0 Å². The average Bonchev–Trinajstić information content (AvgIpc) is 2.20. The van der Waals surface area contributed by atoms with Crippen molar-refractivity contribution in [2.75, 3.05) is 0 Å². The van der Waals surface area contributed by atoms with Gasteiger partial charge in [0.05, 0.1) is 20.1 Å². The Morgan fingerprint density at radius 3 is 1.14 bits per heavy atom. The minimum Gasteiger partial charge on any atom is -0.326 e. The first-order valence-electron chi connectivity index (χ1n) is 3.78. The highest BCUT2D eigenvalue weighted by Crippen LogP contribution is 2.41. The van der Waals surface area contributed by atoms with Crippen LogP contribution in [-0.4, -0.2) is 0 Å². The van der Waals surface area contributed by atoms with E-state index < -0.39 is 0 Å². The Morgan fingerprint density at radius 2 is 0.929 bits per heavy atom. The minimum atomic E-state index is 0.219. The molecule has 0 aliphatic heterocycles. The molecule has 0 atom stereocenters. The molecule has 0 radical (unpaired) electrons. The molecule has 0 amide bonds. The van der Waals surface area contributed by atoms with Gasteiger partial charge in [0.15, 0.2) is 0 Å². The van der Waals surface area contributed by atoms with E-state index in [1.165, 1.54) is 0 Å². The van der Waals surface area contributed by atoms with Gasteiger partial charge in [-0.25, -0.2) is 0 Å². The van der Waals surface area contributed by atoms with Crippen molar-refractivity contribution in [1.82, 2.24) is 0 Å². The van der Waals surface area contributed by atoms with Crippen molar-refractivity contribution < 1.29 is 0 Å². The van der Waals surface area contributed by atoms with Gasteiger partial charge in [-0.05, 0) is 11.1 Å². The highest BCUT2D eigenvalue weighted by atomic mass is 35.5. The molecule has 78 valence electrons. The molecular weight excluding hydrogens is 266 g/mol. The maximum absolute atomic E-state index is 5.94. The zero-order valence-electron chi connectivity index (χ0n) is 7.08. The first-order valence-corrected chi connectivity index (χ1v) is 5.29. The Hall–Kier alpha value is 0.300. The van der Waals surface area contributed by atoms with Crippen LogP contribution in [0.4, 0.5) is 0 Å². The lowest BCUT2D eigenvalue weighted by Crippen LogP contribution is -2.08. The Labute approximate surface area is 102 Å². The zero-order chi connectivity index (χ0) is 10.9. The molecular formula is C8H8Cl4N2. The molecule has 1 rings (SSSR count). The second-order valence-corrected chi connectivity index (χ2v) is 4.13. The van der Waals surface area contributed by atoms with Crippen molar-refractivity contribution in [1.29, 1.82) is 0 Å². The van der Waals surface area contributed by atoms with Gasteiger partial charge in [0.25, 0.3) is 0 Å². The Morgan fingerprint density at radius 1 is 0.643 bits per heavy atom. The molecule has 6 heteroatoms. The van der Waals surface area contributed by atoms with Gasteiger partial charge in [0.1, 0.15) is 0 Å². The van der Waals surface area contributed by atoms with Gasteiger partial charge in [-0.3, -0.25) is 0 Å². The fourth-order valence-corrected chi connectivity index (χ4v) is 2.23. The molecule has 0 saturated carbocycles. The summed E-state index contributed by atoms with van der Waals surface area (Å²) in [6, 6.07) is 0. The average molecular weight is 274 g/mol. The molecule has 14 heavy (non-hydrogen) atoms. The van der Waals surface area contributed by atoms with Crippen molar-refractivity contribution in [2.24, 2.45) is 11.5 Å². The van der Waals surface area contributed by atoms with Crippen LogP contribution in [0.5, 0.6) is 0 Å². The quantitative estimate of drug-likeness (QED) is 0.642. The smallest absolute Gasteiger partial charge is 0.0797 e. The third-order valence-corrected chi connectivity index (χ3v) is 3.76. The van der Waals surface area contributed by atoms with E-state index in [9.17, 15) is 0 Å². The second kappa shape index (κ2) is 4.88. The summed E-state index contributed by atoms with van der Waals surface area (Å²) >= 11 is 23.6. The van der Waals surface area contributed by atoms with Gasteiger partial charge in [-0.2, -0.15) is 0 Å². The predicted octanol–water partition coefficient (Wildman–Crippen LogP) is 3.22. The molecule has 1 aromatic carbocycles. The van der Waals surface area contributed by atoms with Crippen LogP contribution in [0, 0.1) is 0 Å². The van der Waals surface area contributed by atoms with E-state index in [4.69, 9.17) is 57.9 Å². The Kier molecular flexibility index (Phi) is 4.31. The number of hydrogen-bond acceptors (Lipinski definition) is 2. The molecule has 0 fully saturated rings. The monoisotopic (exact) mass is 272 g/mol. The van der Waals surface area contributed by atoms with Gasteiger partial charge in [0.2, 0.25) is 0 Å². The SMILES string of the molecule is NCc1c(Cl)c(Cl)c(Cl)c(Cl)c1CN. The van der Waals surface area contributed by atoms with Crippen LogP contribution in [-0.2, 0) is 13.1 Å². The summed E-state index contributed by atoms with van der Waals surface area (Å²) in [5.74, 6) is 0. The molecule has 0 unspecified atom stereocenters. The molecule has 0 spiro atoms. The van der Waals surface area contributed by atoms with Crippen molar-refractivity contribution >= 4 is 46.4 Å². The number of hydrogen-bond donors (Lipinski definition) is 2. The highest BCUT2D eigenvalue weighted by molar-refractivity contribution is 6.52. The van der Waals surface area contributed by atoms with E-state index in [0.717, 1.165) is 0 Å². The van der Waals surface area contributed by atoms with Gasteiger partial charge < -0.3 is 11.5 Å². The summed E-state index contributed by atoms with van der Waals surface area (Å²) in [6.45, 7) is 0.448. The van der Waals surface area contributed by atoms with Gasteiger partial charge in [-0.15, -0.1) is 0 Å². The summed E-state index contributed by atoms with van der Waals surface area (Å²) in [4.78, 5) is 0. The maximum Gasteiger partial charge on any atom is 0.0797 e. The lowest BCUT2D eigenvalue weighted by molar-refractivity contribution is 0.980. The van der Waals surface area contributed by atoms with Gasteiger partial charge >= 0.3 is 0 Å². The third-order valence-electron chi connectivity index (χ3n) is 1.88. The van der Waals surface area contributed by atoms with Crippen molar-refractivity contribution in [3.8, 4) is 0 Å². The normalized spacial score (nSPS) is 10.7. The molecule has 0 heterocycles. The third kappa shape index (κ3) is 1.96. The summed E-state index contributed by atoms with van der Waals surface area (Å²) in [5, 5.41) is 1.08. The Bertz CT molecular complexity index is 330. The standard InChI is InChI=1S/C8H8Cl4N2/c9-5-3(1-13)4(2-14)6(10)8(12)7(5)11/h1-2,13-14H2. The number of nitrogens with two attached hydrogens (primary N) is 2. The van der Waals surface area contributed by atoms with E-state index in [1.807, 2.05) is 0 Å². The first-order chi connectivity index (χ1) is 6.54. The molecule has 1 aromatic rings. The van der Waals surface area contributed by atoms with Crippen LogP contribution in [0.1, 0.15) is 11.1 Å². The van der Waals surface area contributed by atoms with E-state index >= 15 is 0 Å². The van der Waals surface area contributed by atoms with E-state index in [0.29, 0.717) is 21.2 Å². The molecule has 0 bridgehead atoms. The molecule has 0 saturated heterocycles. The lowest BCUT2D eigenvalue weighted by atomic mass is 10.1. The van der Waals surface area contributed by atoms with Crippen LogP contribution < -0.4 is 11.5 Å². The molecule has 0 aliphatic rings. The molecule has 2 nitrogen and oxygen atoms in total.